The van der Waals surface area contributed by atoms with Crippen molar-refractivity contribution in [3.8, 4) is 10.6 Å². The first-order valence-corrected chi connectivity index (χ1v) is 8.83. The van der Waals surface area contributed by atoms with Gasteiger partial charge in [-0.15, -0.1) is 11.3 Å². The summed E-state index contributed by atoms with van der Waals surface area (Å²) in [5.74, 6) is 0.611. The first kappa shape index (κ1) is 15.1. The molecule has 1 aromatic carbocycles. The summed E-state index contributed by atoms with van der Waals surface area (Å²) in [6.45, 7) is 3.48. The number of anilines is 3. The van der Waals surface area contributed by atoms with Gasteiger partial charge in [-0.25, -0.2) is 9.97 Å². The maximum atomic E-state index is 5.40. The molecule has 122 valence electrons. The number of rotatable bonds is 4. The van der Waals surface area contributed by atoms with Crippen molar-refractivity contribution >= 4 is 28.7 Å². The Labute approximate surface area is 145 Å². The van der Waals surface area contributed by atoms with Crippen molar-refractivity contribution < 1.29 is 4.74 Å². The van der Waals surface area contributed by atoms with E-state index in [9.17, 15) is 0 Å². The highest BCUT2D eigenvalue weighted by atomic mass is 32.1. The van der Waals surface area contributed by atoms with Crippen molar-refractivity contribution in [2.24, 2.45) is 0 Å². The van der Waals surface area contributed by atoms with Crippen molar-refractivity contribution in [3.63, 3.8) is 0 Å². The number of nitrogens with one attached hydrogen (secondary N) is 1. The van der Waals surface area contributed by atoms with Crippen LogP contribution in [0.1, 0.15) is 0 Å². The number of thiophene rings is 1. The minimum absolute atomic E-state index is 0.611. The highest BCUT2D eigenvalue weighted by Gasteiger charge is 2.11. The zero-order valence-corrected chi connectivity index (χ0v) is 14.0. The van der Waals surface area contributed by atoms with Crippen molar-refractivity contribution in [2.45, 2.75) is 0 Å². The molecular formula is C18H18N4OS. The molecule has 3 heterocycles. The van der Waals surface area contributed by atoms with Crippen LogP contribution in [-0.4, -0.2) is 36.3 Å². The van der Waals surface area contributed by atoms with E-state index >= 15 is 0 Å². The summed E-state index contributed by atoms with van der Waals surface area (Å²) in [6.07, 6.45) is 1.78. The summed E-state index contributed by atoms with van der Waals surface area (Å²) >= 11 is 1.67. The van der Waals surface area contributed by atoms with Gasteiger partial charge in [-0.2, -0.15) is 0 Å². The van der Waals surface area contributed by atoms with Gasteiger partial charge in [0, 0.05) is 30.7 Å². The fourth-order valence-electron chi connectivity index (χ4n) is 2.69. The number of hydrogen-bond acceptors (Lipinski definition) is 6. The van der Waals surface area contributed by atoms with Crippen LogP contribution in [0.5, 0.6) is 0 Å². The van der Waals surface area contributed by atoms with Gasteiger partial charge in [0.15, 0.2) is 0 Å². The van der Waals surface area contributed by atoms with Crippen LogP contribution in [0.15, 0.2) is 54.0 Å². The minimum Gasteiger partial charge on any atom is -0.378 e. The molecule has 0 aliphatic carbocycles. The smallest absolute Gasteiger partial charge is 0.227 e. The number of hydrogen-bond donors (Lipinski definition) is 1. The summed E-state index contributed by atoms with van der Waals surface area (Å²) in [7, 11) is 0. The fourth-order valence-corrected chi connectivity index (χ4v) is 3.38. The fraction of sp³-hybridized carbons (Fsp3) is 0.222. The van der Waals surface area contributed by atoms with E-state index in [1.807, 2.05) is 12.1 Å². The molecular weight excluding hydrogens is 320 g/mol. The molecule has 0 atom stereocenters. The lowest BCUT2D eigenvalue weighted by Gasteiger charge is -2.28. The lowest BCUT2D eigenvalue weighted by molar-refractivity contribution is 0.122. The molecule has 0 unspecified atom stereocenters. The summed E-state index contributed by atoms with van der Waals surface area (Å²) in [5.41, 5.74) is 3.14. The molecule has 0 spiro atoms. The van der Waals surface area contributed by atoms with E-state index in [-0.39, 0.29) is 0 Å². The van der Waals surface area contributed by atoms with Crippen LogP contribution < -0.4 is 10.2 Å². The number of nitrogens with zero attached hydrogens (tertiary/aromatic N) is 3. The Kier molecular flexibility index (Phi) is 4.40. The molecule has 5 nitrogen and oxygen atoms in total. The molecule has 1 aliphatic rings. The molecule has 3 aromatic rings. The van der Waals surface area contributed by atoms with Crippen LogP contribution in [0.3, 0.4) is 0 Å². The van der Waals surface area contributed by atoms with Crippen molar-refractivity contribution in [3.05, 3.63) is 54.0 Å². The molecule has 6 heteroatoms. The lowest BCUT2D eigenvalue weighted by atomic mass is 10.2. The first-order valence-electron chi connectivity index (χ1n) is 7.95. The third kappa shape index (κ3) is 3.39. The standard InChI is InChI=1S/C18H18N4OS/c1-2-17(24-13-1)16-7-8-19-18(21-16)20-14-3-5-15(6-4-14)22-9-11-23-12-10-22/h1-8,13H,9-12H2,(H,19,20,21). The number of aromatic nitrogens is 2. The third-order valence-corrected chi connectivity index (χ3v) is 4.82. The van der Waals surface area contributed by atoms with Gasteiger partial charge in [0.1, 0.15) is 0 Å². The Bertz CT molecular complexity index is 783. The zero-order valence-electron chi connectivity index (χ0n) is 13.2. The summed E-state index contributed by atoms with van der Waals surface area (Å²) in [5, 5.41) is 5.33. The van der Waals surface area contributed by atoms with Gasteiger partial charge < -0.3 is 15.0 Å². The molecule has 0 radical (unpaired) electrons. The topological polar surface area (TPSA) is 50.3 Å². The van der Waals surface area contributed by atoms with Crippen LogP contribution >= 0.6 is 11.3 Å². The van der Waals surface area contributed by atoms with Crippen LogP contribution in [-0.2, 0) is 4.74 Å². The molecule has 1 N–H and O–H groups in total. The van der Waals surface area contributed by atoms with E-state index in [4.69, 9.17) is 4.74 Å². The van der Waals surface area contributed by atoms with Gasteiger partial charge in [-0.3, -0.25) is 0 Å². The number of benzene rings is 1. The van der Waals surface area contributed by atoms with Gasteiger partial charge in [-0.05, 0) is 41.8 Å². The van der Waals surface area contributed by atoms with Gasteiger partial charge in [-0.1, -0.05) is 6.07 Å². The lowest BCUT2D eigenvalue weighted by Crippen LogP contribution is -2.36. The predicted molar refractivity (Wildman–Crippen MR) is 98.1 cm³/mol. The normalized spacial score (nSPS) is 14.6. The molecule has 1 aliphatic heterocycles. The summed E-state index contributed by atoms with van der Waals surface area (Å²) < 4.78 is 5.40. The summed E-state index contributed by atoms with van der Waals surface area (Å²) in [4.78, 5) is 12.4. The maximum Gasteiger partial charge on any atom is 0.227 e. The van der Waals surface area contributed by atoms with Gasteiger partial charge in [0.2, 0.25) is 5.95 Å². The van der Waals surface area contributed by atoms with Crippen LogP contribution in [0.4, 0.5) is 17.3 Å². The summed E-state index contributed by atoms with van der Waals surface area (Å²) in [6, 6.07) is 14.4. The Morgan fingerprint density at radius 1 is 1.04 bits per heavy atom. The van der Waals surface area contributed by atoms with Crippen LogP contribution in [0.25, 0.3) is 10.6 Å². The molecule has 0 bridgehead atoms. The second-order valence-corrected chi connectivity index (χ2v) is 6.46. The molecule has 0 saturated carbocycles. The van der Waals surface area contributed by atoms with Gasteiger partial charge >= 0.3 is 0 Å². The van der Waals surface area contributed by atoms with E-state index < -0.39 is 0 Å². The molecule has 0 amide bonds. The van der Waals surface area contributed by atoms with Gasteiger partial charge in [0.25, 0.3) is 0 Å². The zero-order chi connectivity index (χ0) is 16.2. The van der Waals surface area contributed by atoms with Crippen LogP contribution in [0.2, 0.25) is 0 Å². The largest absolute Gasteiger partial charge is 0.378 e. The van der Waals surface area contributed by atoms with Crippen molar-refractivity contribution in [1.82, 2.24) is 9.97 Å². The quantitative estimate of drug-likeness (QED) is 0.784. The third-order valence-electron chi connectivity index (χ3n) is 3.93. The second kappa shape index (κ2) is 6.98. The highest BCUT2D eigenvalue weighted by molar-refractivity contribution is 7.13. The van der Waals surface area contributed by atoms with Crippen molar-refractivity contribution in [1.29, 1.82) is 0 Å². The molecule has 1 saturated heterocycles. The molecule has 24 heavy (non-hydrogen) atoms. The Balaban J connectivity index is 1.48. The second-order valence-electron chi connectivity index (χ2n) is 5.51. The Morgan fingerprint density at radius 2 is 1.88 bits per heavy atom. The maximum absolute atomic E-state index is 5.40. The average Bonchev–Trinajstić information content (AvgIpc) is 3.18. The molecule has 4 rings (SSSR count). The first-order chi connectivity index (χ1) is 11.9. The van der Waals surface area contributed by atoms with E-state index in [0.29, 0.717) is 5.95 Å². The van der Waals surface area contributed by atoms with E-state index in [1.54, 1.807) is 17.5 Å². The highest BCUT2D eigenvalue weighted by Crippen LogP contribution is 2.24. The monoisotopic (exact) mass is 338 g/mol. The predicted octanol–water partition coefficient (Wildman–Crippen LogP) is 3.79. The minimum atomic E-state index is 0.611. The van der Waals surface area contributed by atoms with Gasteiger partial charge in [0.05, 0.1) is 23.8 Å². The average molecular weight is 338 g/mol. The number of ether oxygens (including phenoxy) is 1. The Morgan fingerprint density at radius 3 is 2.62 bits per heavy atom. The van der Waals surface area contributed by atoms with Crippen molar-refractivity contribution in [2.75, 3.05) is 36.5 Å². The van der Waals surface area contributed by atoms with E-state index in [2.05, 4.69) is 55.9 Å². The van der Waals surface area contributed by atoms with E-state index in [0.717, 1.165) is 42.6 Å². The SMILES string of the molecule is c1csc(-c2ccnc(Nc3ccc(N4CCOCC4)cc3)n2)c1. The van der Waals surface area contributed by atoms with Crippen LogP contribution in [0, 0.1) is 0 Å². The molecule has 1 fully saturated rings. The Hall–Kier alpha value is -2.44. The number of morpholine rings is 1. The van der Waals surface area contributed by atoms with E-state index in [1.165, 1.54) is 5.69 Å². The molecule has 2 aromatic heterocycles.